The van der Waals surface area contributed by atoms with Gasteiger partial charge in [-0.25, -0.2) is 0 Å². The topological polar surface area (TPSA) is 118 Å². The molecule has 0 aliphatic heterocycles. The number of carboxylic acid groups (broad SMARTS) is 1. The summed E-state index contributed by atoms with van der Waals surface area (Å²) in [5.74, 6) is -0.460. The first-order valence-electron chi connectivity index (χ1n) is 10.9. The van der Waals surface area contributed by atoms with Gasteiger partial charge in [-0.2, -0.15) is 0 Å². The number of anilines is 1. The van der Waals surface area contributed by atoms with Crippen LogP contribution in [0.2, 0.25) is 0 Å². The number of nitrogens with zero attached hydrogens (tertiary/aromatic N) is 2. The Kier molecular flexibility index (Phi) is 10.2. The smallest absolute Gasteiger partial charge is 0.303 e. The molecule has 0 spiro atoms. The lowest BCUT2D eigenvalue weighted by Gasteiger charge is -2.24. The number of hydrogen-bond donors (Lipinski definition) is 3. The van der Waals surface area contributed by atoms with E-state index in [1.807, 2.05) is 36.4 Å². The number of nitrogens with two attached hydrogens (primary N) is 1. The highest BCUT2D eigenvalue weighted by atomic mass is 35.5. The maximum atomic E-state index is 12.7. The highest BCUT2D eigenvalue weighted by Crippen LogP contribution is 2.29. The largest absolute Gasteiger partial charge is 0.481 e. The van der Waals surface area contributed by atoms with E-state index in [2.05, 4.69) is 15.3 Å². The second-order valence-electron chi connectivity index (χ2n) is 8.24. The van der Waals surface area contributed by atoms with Crippen molar-refractivity contribution in [2.75, 3.05) is 5.32 Å². The number of halogens is 2. The molecule has 4 N–H and O–H groups in total. The van der Waals surface area contributed by atoms with Crippen LogP contribution in [0, 0.1) is 5.92 Å². The molecule has 1 atom stereocenters. The van der Waals surface area contributed by atoms with Crippen molar-refractivity contribution in [2.45, 2.75) is 32.2 Å². The maximum absolute atomic E-state index is 12.7. The summed E-state index contributed by atoms with van der Waals surface area (Å²) >= 11 is 0. The van der Waals surface area contributed by atoms with Crippen molar-refractivity contribution >= 4 is 48.2 Å². The van der Waals surface area contributed by atoms with Crippen LogP contribution in [0.5, 0.6) is 0 Å². The van der Waals surface area contributed by atoms with Gasteiger partial charge >= 0.3 is 5.97 Å². The van der Waals surface area contributed by atoms with Crippen LogP contribution >= 0.6 is 24.8 Å². The number of aliphatic imine (C=N–C) groups is 1. The Balaban J connectivity index is 0.00000216. The maximum Gasteiger partial charge on any atom is 0.303 e. The molecule has 7 nitrogen and oxygen atoms in total. The van der Waals surface area contributed by atoms with Crippen LogP contribution < -0.4 is 11.1 Å². The standard InChI is InChI=1S/C26H26N4O3.2ClH/c27-25(29-16-23-3-1-2-12-28-23)19-6-8-20(9-7-19)26(33)30-22-11-10-18-5-4-17(14-24(31)32)13-21(18)15-22;;/h1-3,6-12,15,17H,4-5,13-14,16H2,(H2,27,29)(H,30,33)(H,31,32);2*1H. The van der Waals surface area contributed by atoms with E-state index in [9.17, 15) is 9.59 Å². The van der Waals surface area contributed by atoms with Crippen molar-refractivity contribution < 1.29 is 14.7 Å². The lowest BCUT2D eigenvalue weighted by Crippen LogP contribution is -2.18. The van der Waals surface area contributed by atoms with Gasteiger partial charge in [-0.05, 0) is 72.7 Å². The second-order valence-corrected chi connectivity index (χ2v) is 8.24. The lowest BCUT2D eigenvalue weighted by molar-refractivity contribution is -0.138. The molecule has 2 aromatic carbocycles. The van der Waals surface area contributed by atoms with Crippen LogP contribution in [0.1, 0.15) is 45.6 Å². The highest BCUT2D eigenvalue weighted by Gasteiger charge is 2.21. The summed E-state index contributed by atoms with van der Waals surface area (Å²) in [6.07, 6.45) is 4.36. The number of hydrogen-bond acceptors (Lipinski definition) is 4. The number of pyridine rings is 1. The van der Waals surface area contributed by atoms with Gasteiger partial charge in [-0.15, -0.1) is 24.8 Å². The molecule has 1 aromatic heterocycles. The Labute approximate surface area is 216 Å². The Morgan fingerprint density at radius 1 is 1.03 bits per heavy atom. The van der Waals surface area contributed by atoms with Crippen LogP contribution in [-0.4, -0.2) is 27.8 Å². The van der Waals surface area contributed by atoms with Crippen LogP contribution in [-0.2, 0) is 24.2 Å². The molecule has 0 saturated heterocycles. The van der Waals surface area contributed by atoms with Crippen molar-refractivity contribution in [1.29, 1.82) is 0 Å². The number of benzene rings is 2. The van der Waals surface area contributed by atoms with Gasteiger partial charge in [0.15, 0.2) is 0 Å². The number of aromatic nitrogens is 1. The first-order chi connectivity index (χ1) is 16.0. The third-order valence-electron chi connectivity index (χ3n) is 5.84. The minimum Gasteiger partial charge on any atom is -0.481 e. The van der Waals surface area contributed by atoms with Crippen LogP contribution in [0.3, 0.4) is 0 Å². The number of nitrogens with one attached hydrogen (secondary N) is 1. The van der Waals surface area contributed by atoms with E-state index in [1.165, 1.54) is 5.56 Å². The lowest BCUT2D eigenvalue weighted by atomic mass is 9.82. The fraction of sp³-hybridized carbons (Fsp3) is 0.231. The van der Waals surface area contributed by atoms with E-state index in [0.29, 0.717) is 23.6 Å². The number of amidine groups is 1. The molecule has 3 aromatic rings. The third-order valence-corrected chi connectivity index (χ3v) is 5.84. The molecule has 4 rings (SSSR count). The zero-order chi connectivity index (χ0) is 23.2. The number of aryl methyl sites for hydroxylation is 1. The Morgan fingerprint density at radius 2 is 1.77 bits per heavy atom. The summed E-state index contributed by atoms with van der Waals surface area (Å²) in [6.45, 7) is 0.389. The molecule has 35 heavy (non-hydrogen) atoms. The van der Waals surface area contributed by atoms with Gasteiger partial charge in [0.1, 0.15) is 5.84 Å². The summed E-state index contributed by atoms with van der Waals surface area (Å²) in [7, 11) is 0. The average molecular weight is 515 g/mol. The molecular formula is C26H28Cl2N4O3. The monoisotopic (exact) mass is 514 g/mol. The highest BCUT2D eigenvalue weighted by molar-refractivity contribution is 6.05. The van der Waals surface area contributed by atoms with Gasteiger partial charge in [0.05, 0.1) is 12.2 Å². The van der Waals surface area contributed by atoms with Crippen molar-refractivity contribution in [1.82, 2.24) is 4.98 Å². The van der Waals surface area contributed by atoms with E-state index in [1.54, 1.807) is 30.5 Å². The molecule has 184 valence electrons. The van der Waals surface area contributed by atoms with Crippen molar-refractivity contribution in [3.63, 3.8) is 0 Å². The third kappa shape index (κ3) is 7.53. The number of carbonyl (C=O) groups excluding carboxylic acids is 1. The summed E-state index contributed by atoms with van der Waals surface area (Å²) in [4.78, 5) is 32.4. The summed E-state index contributed by atoms with van der Waals surface area (Å²) in [5.41, 5.74) is 11.2. The molecule has 0 fully saturated rings. The molecule has 9 heteroatoms. The molecule has 1 heterocycles. The average Bonchev–Trinajstić information content (AvgIpc) is 2.82. The van der Waals surface area contributed by atoms with E-state index in [0.717, 1.165) is 36.1 Å². The predicted molar refractivity (Wildman–Crippen MR) is 142 cm³/mol. The van der Waals surface area contributed by atoms with Gasteiger partial charge in [0, 0.05) is 29.4 Å². The van der Waals surface area contributed by atoms with E-state index >= 15 is 0 Å². The van der Waals surface area contributed by atoms with E-state index in [4.69, 9.17) is 10.8 Å². The molecule has 1 aliphatic carbocycles. The zero-order valence-corrected chi connectivity index (χ0v) is 20.6. The van der Waals surface area contributed by atoms with E-state index < -0.39 is 5.97 Å². The number of fused-ring (bicyclic) bond motifs is 1. The van der Waals surface area contributed by atoms with Crippen LogP contribution in [0.15, 0.2) is 71.9 Å². The summed E-state index contributed by atoms with van der Waals surface area (Å²) in [5, 5.41) is 12.0. The number of carbonyl (C=O) groups is 2. The van der Waals surface area contributed by atoms with Gasteiger partial charge in [-0.1, -0.05) is 24.3 Å². The van der Waals surface area contributed by atoms with Crippen LogP contribution in [0.25, 0.3) is 0 Å². The predicted octanol–water partition coefficient (Wildman–Crippen LogP) is 4.66. The molecule has 0 radical (unpaired) electrons. The molecule has 0 bridgehead atoms. The molecule has 1 aliphatic rings. The SMILES string of the molecule is Cl.Cl.NC(=NCc1ccccn1)c1ccc(C(=O)Nc2ccc3c(c2)CC(CC(=O)O)CC3)cc1. The molecule has 0 saturated carbocycles. The Morgan fingerprint density at radius 3 is 2.46 bits per heavy atom. The molecule has 1 unspecified atom stereocenters. The molecule has 1 amide bonds. The minimum absolute atomic E-state index is 0. The quantitative estimate of drug-likeness (QED) is 0.313. The number of carboxylic acids is 1. The van der Waals surface area contributed by atoms with Crippen molar-refractivity contribution in [2.24, 2.45) is 16.6 Å². The van der Waals surface area contributed by atoms with Gasteiger partial charge < -0.3 is 16.2 Å². The van der Waals surface area contributed by atoms with E-state index in [-0.39, 0.29) is 43.1 Å². The minimum atomic E-state index is -0.765. The fourth-order valence-corrected chi connectivity index (χ4v) is 4.08. The molecular weight excluding hydrogens is 487 g/mol. The van der Waals surface area contributed by atoms with Gasteiger partial charge in [-0.3, -0.25) is 19.6 Å². The summed E-state index contributed by atoms with van der Waals surface area (Å²) < 4.78 is 0. The van der Waals surface area contributed by atoms with Crippen molar-refractivity contribution in [3.8, 4) is 0 Å². The van der Waals surface area contributed by atoms with Crippen molar-refractivity contribution in [3.05, 3.63) is 94.8 Å². The Hall–Kier alpha value is -3.42. The second kappa shape index (κ2) is 12.9. The number of aliphatic carboxylic acids is 1. The van der Waals surface area contributed by atoms with Crippen LogP contribution in [0.4, 0.5) is 5.69 Å². The zero-order valence-electron chi connectivity index (χ0n) is 19.0. The summed E-state index contributed by atoms with van der Waals surface area (Å²) in [6, 6.07) is 18.5. The number of rotatable bonds is 7. The Bertz CT molecular complexity index is 1180. The first kappa shape index (κ1) is 27.8. The fourth-order valence-electron chi connectivity index (χ4n) is 4.08. The number of amides is 1. The van der Waals surface area contributed by atoms with Gasteiger partial charge in [0.2, 0.25) is 0 Å². The van der Waals surface area contributed by atoms with Gasteiger partial charge in [0.25, 0.3) is 5.91 Å². The first-order valence-corrected chi connectivity index (χ1v) is 10.9. The normalized spacial score (nSPS) is 14.6.